The first kappa shape index (κ1) is 18.9. The molecule has 144 valence electrons. The molecule has 4 rings (SSSR count). The van der Waals surface area contributed by atoms with Crippen LogP contribution in [0, 0.1) is 5.82 Å². The molecular weight excluding hydrogens is 393 g/mol. The minimum atomic E-state index is -0.538. The van der Waals surface area contributed by atoms with Crippen LogP contribution in [0.5, 0.6) is 0 Å². The minimum Gasteiger partial charge on any atom is -0.457 e. The molecule has 0 unspecified atom stereocenters. The van der Waals surface area contributed by atoms with Crippen LogP contribution in [-0.4, -0.2) is 28.4 Å². The van der Waals surface area contributed by atoms with Crippen LogP contribution in [0.2, 0.25) is 0 Å². The summed E-state index contributed by atoms with van der Waals surface area (Å²) in [4.78, 5) is 38.2. The van der Waals surface area contributed by atoms with Gasteiger partial charge in [0.25, 0.3) is 11.1 Å². The quantitative estimate of drug-likeness (QED) is 0.440. The molecule has 3 aromatic rings. The average Bonchev–Trinajstić information content (AvgIpc) is 3.29. The number of carbonyl (C=O) groups excluding carboxylic acids is 3. The summed E-state index contributed by atoms with van der Waals surface area (Å²) >= 11 is 0.758. The lowest BCUT2D eigenvalue weighted by atomic mass is 10.1. The summed E-state index contributed by atoms with van der Waals surface area (Å²) in [5.74, 6) is -0.312. The van der Waals surface area contributed by atoms with Gasteiger partial charge in [-0.25, -0.2) is 4.39 Å². The molecule has 0 aliphatic carbocycles. The van der Waals surface area contributed by atoms with Gasteiger partial charge < -0.3 is 4.42 Å². The Morgan fingerprint density at radius 3 is 2.45 bits per heavy atom. The molecule has 0 radical (unpaired) electrons. The maximum atomic E-state index is 13.1. The van der Waals surface area contributed by atoms with E-state index in [0.717, 1.165) is 16.7 Å². The van der Waals surface area contributed by atoms with Crippen LogP contribution in [-0.2, 0) is 4.79 Å². The molecule has 0 spiro atoms. The van der Waals surface area contributed by atoms with Crippen LogP contribution in [0.4, 0.5) is 9.18 Å². The Morgan fingerprint density at radius 1 is 1.00 bits per heavy atom. The molecule has 2 amide bonds. The molecule has 1 aliphatic heterocycles. The molecule has 0 bridgehead atoms. The lowest BCUT2D eigenvalue weighted by molar-refractivity contribution is -0.122. The topological polar surface area (TPSA) is 67.6 Å². The van der Waals surface area contributed by atoms with Crippen molar-refractivity contribution in [1.82, 2.24) is 4.90 Å². The Bertz CT molecular complexity index is 1120. The number of hydrogen-bond donors (Lipinski definition) is 0. The number of nitrogens with zero attached hydrogens (tertiary/aromatic N) is 1. The summed E-state index contributed by atoms with van der Waals surface area (Å²) in [6.07, 6.45) is 1.46. The van der Waals surface area contributed by atoms with Gasteiger partial charge in [-0.2, -0.15) is 0 Å². The highest BCUT2D eigenvalue weighted by Gasteiger charge is 2.36. The third-order valence-electron chi connectivity index (χ3n) is 4.30. The van der Waals surface area contributed by atoms with E-state index in [-0.39, 0.29) is 23.1 Å². The first-order valence-corrected chi connectivity index (χ1v) is 9.52. The number of thioether (sulfide) groups is 1. The number of rotatable bonds is 5. The highest BCUT2D eigenvalue weighted by molar-refractivity contribution is 8.18. The van der Waals surface area contributed by atoms with Crippen molar-refractivity contribution < 1.29 is 23.2 Å². The van der Waals surface area contributed by atoms with Crippen LogP contribution in [0.15, 0.2) is 76.1 Å². The second-order valence-corrected chi connectivity index (χ2v) is 7.26. The van der Waals surface area contributed by atoms with E-state index in [9.17, 15) is 18.8 Å². The van der Waals surface area contributed by atoms with Crippen molar-refractivity contribution in [2.75, 3.05) is 6.54 Å². The van der Waals surface area contributed by atoms with E-state index in [1.165, 1.54) is 18.2 Å². The van der Waals surface area contributed by atoms with Gasteiger partial charge in [0.1, 0.15) is 17.3 Å². The molecule has 0 N–H and O–H groups in total. The standard InChI is InChI=1S/C22H14FNO4S/c23-16-8-6-15(7-9-16)19-11-10-17(28-19)12-20-21(26)24(22(27)29-20)13-18(25)14-4-2-1-3-5-14/h1-12H,13H2/b20-12-. The Kier molecular flexibility index (Phi) is 5.14. The van der Waals surface area contributed by atoms with Gasteiger partial charge >= 0.3 is 0 Å². The first-order valence-electron chi connectivity index (χ1n) is 8.70. The van der Waals surface area contributed by atoms with Crippen molar-refractivity contribution in [2.45, 2.75) is 0 Å². The number of furan rings is 1. The molecule has 1 aliphatic rings. The van der Waals surface area contributed by atoms with Crippen molar-refractivity contribution in [1.29, 1.82) is 0 Å². The maximum Gasteiger partial charge on any atom is 0.293 e. The van der Waals surface area contributed by atoms with Crippen LogP contribution in [0.1, 0.15) is 16.1 Å². The number of hydrogen-bond acceptors (Lipinski definition) is 5. The first-order chi connectivity index (χ1) is 14.0. The fourth-order valence-electron chi connectivity index (χ4n) is 2.82. The van der Waals surface area contributed by atoms with E-state index in [0.29, 0.717) is 22.6 Å². The third kappa shape index (κ3) is 4.05. The van der Waals surface area contributed by atoms with Gasteiger partial charge in [0.2, 0.25) is 0 Å². The fraction of sp³-hybridized carbons (Fsp3) is 0.0455. The molecule has 2 heterocycles. The molecule has 1 aromatic heterocycles. The number of Topliss-reactive ketones (excluding diaryl/α,β-unsaturated/α-hetero) is 1. The van der Waals surface area contributed by atoms with Crippen molar-refractivity contribution in [3.05, 3.63) is 88.8 Å². The number of carbonyl (C=O) groups is 3. The van der Waals surface area contributed by atoms with Gasteiger partial charge in [-0.15, -0.1) is 0 Å². The van der Waals surface area contributed by atoms with E-state index in [1.54, 1.807) is 54.6 Å². The van der Waals surface area contributed by atoms with Gasteiger partial charge in [0.15, 0.2) is 5.78 Å². The normalized spacial score (nSPS) is 15.3. The Hall–Kier alpha value is -3.45. The summed E-state index contributed by atoms with van der Waals surface area (Å²) in [7, 11) is 0. The highest BCUT2D eigenvalue weighted by atomic mass is 32.2. The van der Waals surface area contributed by atoms with Crippen LogP contribution in [0.3, 0.4) is 0 Å². The van der Waals surface area contributed by atoms with E-state index in [4.69, 9.17) is 4.42 Å². The van der Waals surface area contributed by atoms with Crippen molar-refractivity contribution in [2.24, 2.45) is 0 Å². The van der Waals surface area contributed by atoms with E-state index in [1.807, 2.05) is 0 Å². The van der Waals surface area contributed by atoms with Gasteiger partial charge in [-0.3, -0.25) is 19.3 Å². The van der Waals surface area contributed by atoms with Crippen LogP contribution >= 0.6 is 11.8 Å². The van der Waals surface area contributed by atoms with Gasteiger partial charge in [0, 0.05) is 17.2 Å². The highest BCUT2D eigenvalue weighted by Crippen LogP contribution is 2.33. The average molecular weight is 407 g/mol. The molecule has 0 atom stereocenters. The minimum absolute atomic E-state index is 0.177. The monoisotopic (exact) mass is 407 g/mol. The zero-order valence-electron chi connectivity index (χ0n) is 15.0. The Labute approximate surface area is 169 Å². The van der Waals surface area contributed by atoms with Crippen LogP contribution < -0.4 is 0 Å². The number of imide groups is 1. The van der Waals surface area contributed by atoms with Gasteiger partial charge in [-0.1, -0.05) is 30.3 Å². The summed E-state index contributed by atoms with van der Waals surface area (Å²) in [5.41, 5.74) is 1.12. The predicted molar refractivity (Wildman–Crippen MR) is 108 cm³/mol. The summed E-state index contributed by atoms with van der Waals surface area (Å²) < 4.78 is 18.7. The smallest absolute Gasteiger partial charge is 0.293 e. The molecule has 2 aromatic carbocycles. The summed E-state index contributed by atoms with van der Waals surface area (Å²) in [5, 5.41) is -0.504. The number of benzene rings is 2. The van der Waals surface area contributed by atoms with E-state index in [2.05, 4.69) is 0 Å². The van der Waals surface area contributed by atoms with Crippen molar-refractivity contribution in [3.63, 3.8) is 0 Å². The Balaban J connectivity index is 1.50. The third-order valence-corrected chi connectivity index (χ3v) is 5.21. The lowest BCUT2D eigenvalue weighted by Crippen LogP contribution is -2.33. The second-order valence-electron chi connectivity index (χ2n) is 6.27. The number of ketones is 1. The predicted octanol–water partition coefficient (Wildman–Crippen LogP) is 5.00. The Morgan fingerprint density at radius 2 is 1.72 bits per heavy atom. The molecular formula is C22H14FNO4S. The van der Waals surface area contributed by atoms with Crippen LogP contribution in [0.25, 0.3) is 17.4 Å². The fourth-order valence-corrected chi connectivity index (χ4v) is 3.64. The van der Waals surface area contributed by atoms with E-state index < -0.39 is 11.1 Å². The largest absolute Gasteiger partial charge is 0.457 e. The van der Waals surface area contributed by atoms with Crippen molar-refractivity contribution >= 4 is 34.8 Å². The van der Waals surface area contributed by atoms with Gasteiger partial charge in [0.05, 0.1) is 11.4 Å². The second kappa shape index (κ2) is 7.89. The molecule has 5 nitrogen and oxygen atoms in total. The molecule has 1 saturated heterocycles. The summed E-state index contributed by atoms with van der Waals surface area (Å²) in [6, 6.07) is 17.7. The lowest BCUT2D eigenvalue weighted by Gasteiger charge is -2.11. The molecule has 1 fully saturated rings. The molecule has 29 heavy (non-hydrogen) atoms. The molecule has 0 saturated carbocycles. The SMILES string of the molecule is O=C(CN1C(=O)S/C(=C\c2ccc(-c3ccc(F)cc3)o2)C1=O)c1ccccc1. The maximum absolute atomic E-state index is 13.1. The summed E-state index contributed by atoms with van der Waals surface area (Å²) in [6.45, 7) is -0.314. The zero-order chi connectivity index (χ0) is 20.4. The zero-order valence-corrected chi connectivity index (χ0v) is 15.8. The number of amides is 2. The number of halogens is 1. The van der Waals surface area contributed by atoms with Crippen molar-refractivity contribution in [3.8, 4) is 11.3 Å². The van der Waals surface area contributed by atoms with Gasteiger partial charge in [-0.05, 0) is 48.2 Å². The molecule has 7 heteroatoms. The van der Waals surface area contributed by atoms with E-state index >= 15 is 0 Å².